The number of carbonyl (C=O) groups is 1. The summed E-state index contributed by atoms with van der Waals surface area (Å²) in [7, 11) is 0. The van der Waals surface area contributed by atoms with E-state index in [0.717, 1.165) is 22.4 Å². The minimum absolute atomic E-state index is 0.0612. The van der Waals surface area contributed by atoms with E-state index in [2.05, 4.69) is 15.3 Å². The summed E-state index contributed by atoms with van der Waals surface area (Å²) in [5, 5.41) is 3.09. The quantitative estimate of drug-likeness (QED) is 0.353. The molecule has 1 N–H and O–H groups in total. The van der Waals surface area contributed by atoms with Gasteiger partial charge >= 0.3 is 6.18 Å². The summed E-state index contributed by atoms with van der Waals surface area (Å²) in [6.07, 6.45) is -1.16. The molecule has 9 nitrogen and oxygen atoms in total. The standard InChI is InChI=1S/C28H26F3N5O4/c1-3-40-36-26(38)22-15-35(25(37)20-6-4-19(5-7-20)24-14-32-16-39-24)13-12-23(22)34-27(36)33-17(2)18-8-10-21(11-9-18)28(29,30)31/h4-11,14,16-17H,3,12-13,15H2,1-2H3,(H,33,34)/t17-/m0/s1. The zero-order chi connectivity index (χ0) is 28.4. The van der Waals surface area contributed by atoms with Crippen LogP contribution < -0.4 is 15.7 Å². The number of fused-ring (bicyclic) bond motifs is 1. The molecule has 1 aliphatic heterocycles. The van der Waals surface area contributed by atoms with Crippen molar-refractivity contribution >= 4 is 11.9 Å². The Morgan fingerprint density at radius 1 is 1.15 bits per heavy atom. The van der Waals surface area contributed by atoms with Crippen LogP contribution in [-0.4, -0.2) is 38.7 Å². The molecule has 12 heteroatoms. The Morgan fingerprint density at radius 3 is 2.50 bits per heavy atom. The van der Waals surface area contributed by atoms with E-state index in [0.29, 0.717) is 41.1 Å². The number of hydrogen-bond donors (Lipinski definition) is 1. The third kappa shape index (κ3) is 5.42. The molecule has 208 valence electrons. The SMILES string of the molecule is CCOn1c(N[C@@H](C)c2ccc(C(F)(F)F)cc2)nc2c(c1=O)CN(C(=O)c1ccc(-c3cnco3)cc1)CC2. The average molecular weight is 554 g/mol. The lowest BCUT2D eigenvalue weighted by Gasteiger charge is -2.29. The summed E-state index contributed by atoms with van der Waals surface area (Å²) in [6, 6.07) is 11.2. The second-order valence-corrected chi connectivity index (χ2v) is 9.28. The molecule has 0 aliphatic carbocycles. The van der Waals surface area contributed by atoms with Crippen LogP contribution in [0.15, 0.2) is 70.3 Å². The monoisotopic (exact) mass is 553 g/mol. The highest BCUT2D eigenvalue weighted by Gasteiger charge is 2.31. The Kier molecular flexibility index (Phi) is 7.33. The fourth-order valence-corrected chi connectivity index (χ4v) is 4.53. The molecular weight excluding hydrogens is 527 g/mol. The van der Waals surface area contributed by atoms with Crippen molar-refractivity contribution in [1.82, 2.24) is 19.6 Å². The fourth-order valence-electron chi connectivity index (χ4n) is 4.53. The molecule has 1 atom stereocenters. The molecular formula is C28H26F3N5O4. The minimum atomic E-state index is -4.43. The largest absolute Gasteiger partial charge is 0.444 e. The Bertz CT molecular complexity index is 1550. The summed E-state index contributed by atoms with van der Waals surface area (Å²) < 4.78 is 45.2. The maximum absolute atomic E-state index is 13.5. The minimum Gasteiger partial charge on any atom is -0.444 e. The molecule has 2 aromatic heterocycles. The van der Waals surface area contributed by atoms with Crippen molar-refractivity contribution in [3.8, 4) is 11.3 Å². The number of aromatic nitrogens is 3. The molecule has 4 aromatic rings. The number of hydrogen-bond acceptors (Lipinski definition) is 7. The van der Waals surface area contributed by atoms with Crippen LogP contribution in [0.2, 0.25) is 0 Å². The van der Waals surface area contributed by atoms with Crippen LogP contribution in [0.3, 0.4) is 0 Å². The average Bonchev–Trinajstić information content (AvgIpc) is 3.49. The van der Waals surface area contributed by atoms with Crippen molar-refractivity contribution in [3.05, 3.63) is 99.4 Å². The van der Waals surface area contributed by atoms with Crippen molar-refractivity contribution < 1.29 is 27.2 Å². The third-order valence-electron chi connectivity index (χ3n) is 6.67. The molecule has 1 aliphatic rings. The Morgan fingerprint density at radius 2 is 1.88 bits per heavy atom. The molecule has 3 heterocycles. The molecule has 0 unspecified atom stereocenters. The molecule has 0 fully saturated rings. The number of benzene rings is 2. The maximum atomic E-state index is 13.5. The van der Waals surface area contributed by atoms with Crippen LogP contribution in [-0.2, 0) is 19.1 Å². The second kappa shape index (κ2) is 10.9. The first kappa shape index (κ1) is 27.0. The van der Waals surface area contributed by atoms with Crippen LogP contribution in [0, 0.1) is 0 Å². The number of oxazole rings is 1. The maximum Gasteiger partial charge on any atom is 0.416 e. The van der Waals surface area contributed by atoms with E-state index in [4.69, 9.17) is 9.25 Å². The smallest absolute Gasteiger partial charge is 0.416 e. The Balaban J connectivity index is 1.36. The van der Waals surface area contributed by atoms with Gasteiger partial charge in [0.1, 0.15) is 6.61 Å². The summed E-state index contributed by atoms with van der Waals surface area (Å²) >= 11 is 0. The summed E-state index contributed by atoms with van der Waals surface area (Å²) in [4.78, 5) is 42.4. The lowest BCUT2D eigenvalue weighted by molar-refractivity contribution is -0.137. The van der Waals surface area contributed by atoms with Gasteiger partial charge in [0.15, 0.2) is 12.2 Å². The van der Waals surface area contributed by atoms with Gasteiger partial charge in [-0.3, -0.25) is 9.59 Å². The van der Waals surface area contributed by atoms with Crippen molar-refractivity contribution in [3.63, 3.8) is 0 Å². The number of anilines is 1. The zero-order valence-corrected chi connectivity index (χ0v) is 21.7. The van der Waals surface area contributed by atoms with Gasteiger partial charge in [0, 0.05) is 24.1 Å². The summed E-state index contributed by atoms with van der Waals surface area (Å²) in [6.45, 7) is 4.05. The Hall–Kier alpha value is -4.61. The predicted molar refractivity (Wildman–Crippen MR) is 139 cm³/mol. The van der Waals surface area contributed by atoms with E-state index >= 15 is 0 Å². The molecule has 1 amide bonds. The Labute approximate surface area is 227 Å². The molecule has 5 rings (SSSR count). The van der Waals surface area contributed by atoms with E-state index in [-0.39, 0.29) is 25.0 Å². The molecule has 0 saturated heterocycles. The van der Waals surface area contributed by atoms with Crippen LogP contribution in [0.25, 0.3) is 11.3 Å². The van der Waals surface area contributed by atoms with E-state index in [1.165, 1.54) is 18.5 Å². The van der Waals surface area contributed by atoms with Gasteiger partial charge in [-0.15, -0.1) is 4.73 Å². The topological polar surface area (TPSA) is 102 Å². The first-order chi connectivity index (χ1) is 19.2. The van der Waals surface area contributed by atoms with Crippen molar-refractivity contribution in [2.75, 3.05) is 18.5 Å². The zero-order valence-electron chi connectivity index (χ0n) is 21.7. The van der Waals surface area contributed by atoms with Crippen LogP contribution in [0.4, 0.5) is 19.1 Å². The number of halogens is 3. The lowest BCUT2D eigenvalue weighted by atomic mass is 10.0. The van der Waals surface area contributed by atoms with E-state index in [1.54, 1.807) is 49.2 Å². The van der Waals surface area contributed by atoms with Crippen LogP contribution in [0.5, 0.6) is 0 Å². The number of carbonyl (C=O) groups excluding carboxylic acids is 1. The first-order valence-electron chi connectivity index (χ1n) is 12.7. The highest BCUT2D eigenvalue weighted by atomic mass is 19.4. The van der Waals surface area contributed by atoms with E-state index in [1.807, 2.05) is 0 Å². The molecule has 2 aromatic carbocycles. The van der Waals surface area contributed by atoms with Gasteiger partial charge < -0.3 is 19.5 Å². The number of amides is 1. The van der Waals surface area contributed by atoms with E-state index in [9.17, 15) is 22.8 Å². The molecule has 40 heavy (non-hydrogen) atoms. The number of nitrogens with zero attached hydrogens (tertiary/aromatic N) is 4. The normalized spacial score (nSPS) is 14.0. The predicted octanol–water partition coefficient (Wildman–Crippen LogP) is 4.74. The highest BCUT2D eigenvalue weighted by molar-refractivity contribution is 5.94. The van der Waals surface area contributed by atoms with E-state index < -0.39 is 23.3 Å². The van der Waals surface area contributed by atoms with Crippen molar-refractivity contribution in [2.24, 2.45) is 0 Å². The molecule has 0 spiro atoms. The van der Waals surface area contributed by atoms with Gasteiger partial charge in [-0.05, 0) is 43.7 Å². The van der Waals surface area contributed by atoms with Gasteiger partial charge in [-0.2, -0.15) is 13.2 Å². The molecule has 0 bridgehead atoms. The third-order valence-corrected chi connectivity index (χ3v) is 6.67. The second-order valence-electron chi connectivity index (χ2n) is 9.28. The first-order valence-corrected chi connectivity index (χ1v) is 12.7. The van der Waals surface area contributed by atoms with Crippen LogP contribution in [0.1, 0.15) is 52.6 Å². The van der Waals surface area contributed by atoms with Gasteiger partial charge in [0.05, 0.1) is 35.6 Å². The van der Waals surface area contributed by atoms with Gasteiger partial charge in [-0.25, -0.2) is 9.97 Å². The number of nitrogens with one attached hydrogen (secondary N) is 1. The van der Waals surface area contributed by atoms with Gasteiger partial charge in [0.25, 0.3) is 11.5 Å². The summed E-state index contributed by atoms with van der Waals surface area (Å²) in [5.41, 5.74) is 1.51. The lowest BCUT2D eigenvalue weighted by Crippen LogP contribution is -2.43. The van der Waals surface area contributed by atoms with Gasteiger partial charge in [0.2, 0.25) is 5.95 Å². The summed E-state index contributed by atoms with van der Waals surface area (Å²) in [5.74, 6) is 0.501. The van der Waals surface area contributed by atoms with Crippen molar-refractivity contribution in [2.45, 2.75) is 39.0 Å². The molecule has 0 saturated carbocycles. The fraction of sp³-hybridized carbons (Fsp3) is 0.286. The van der Waals surface area contributed by atoms with Crippen molar-refractivity contribution in [1.29, 1.82) is 0 Å². The molecule has 0 radical (unpaired) electrons. The number of rotatable bonds is 7. The van der Waals surface area contributed by atoms with Gasteiger partial charge in [-0.1, -0.05) is 24.3 Å². The highest BCUT2D eigenvalue weighted by Crippen LogP contribution is 2.30. The number of alkyl halides is 3. The van der Waals surface area contributed by atoms with Crippen LogP contribution >= 0.6 is 0 Å².